The quantitative estimate of drug-likeness (QED) is 0.813. The van der Waals surface area contributed by atoms with E-state index in [1.165, 1.54) is 0 Å². The SMILES string of the molecule is CSC1(C(CC(=O)O)NC(=O)OC(C)(C)C)CCC1. The molecule has 0 radical (unpaired) electrons. The van der Waals surface area contributed by atoms with Gasteiger partial charge < -0.3 is 15.2 Å². The Hall–Kier alpha value is -0.910. The lowest BCUT2D eigenvalue weighted by atomic mass is 9.77. The highest BCUT2D eigenvalue weighted by molar-refractivity contribution is 8.00. The van der Waals surface area contributed by atoms with Crippen LogP contribution in [0.5, 0.6) is 0 Å². The Morgan fingerprint density at radius 1 is 1.42 bits per heavy atom. The van der Waals surface area contributed by atoms with Gasteiger partial charge in [0.1, 0.15) is 5.60 Å². The Bertz CT molecular complexity index is 342. The fourth-order valence-corrected chi connectivity index (χ4v) is 3.34. The molecule has 0 spiro atoms. The van der Waals surface area contributed by atoms with Crippen LogP contribution in [-0.4, -0.2) is 39.8 Å². The van der Waals surface area contributed by atoms with Crippen LogP contribution in [0.3, 0.4) is 0 Å². The second-order valence-corrected chi connectivity index (χ2v) is 7.14. The summed E-state index contributed by atoms with van der Waals surface area (Å²) in [6, 6.07) is -0.386. The zero-order chi connectivity index (χ0) is 14.7. The van der Waals surface area contributed by atoms with E-state index in [0.29, 0.717) is 0 Å². The molecule has 110 valence electrons. The highest BCUT2D eigenvalue weighted by atomic mass is 32.2. The number of rotatable bonds is 5. The summed E-state index contributed by atoms with van der Waals surface area (Å²) < 4.78 is 5.05. The number of carboxylic acids is 1. The van der Waals surface area contributed by atoms with Crippen LogP contribution in [0.15, 0.2) is 0 Å². The van der Waals surface area contributed by atoms with E-state index in [1.807, 2.05) is 6.26 Å². The average molecular weight is 289 g/mol. The van der Waals surface area contributed by atoms with Crippen molar-refractivity contribution in [3.8, 4) is 0 Å². The Balaban J connectivity index is 2.70. The molecule has 5 nitrogen and oxygen atoms in total. The van der Waals surface area contributed by atoms with E-state index in [0.717, 1.165) is 19.3 Å². The van der Waals surface area contributed by atoms with Crippen LogP contribution in [0, 0.1) is 0 Å². The van der Waals surface area contributed by atoms with Crippen molar-refractivity contribution in [2.75, 3.05) is 6.26 Å². The highest BCUT2D eigenvalue weighted by Crippen LogP contribution is 2.46. The highest BCUT2D eigenvalue weighted by Gasteiger charge is 2.45. The molecule has 0 heterocycles. The van der Waals surface area contributed by atoms with Crippen molar-refractivity contribution in [2.45, 2.75) is 62.8 Å². The largest absolute Gasteiger partial charge is 0.481 e. The molecule has 6 heteroatoms. The molecule has 1 unspecified atom stereocenters. The molecule has 0 aromatic heterocycles. The van der Waals surface area contributed by atoms with Crippen molar-refractivity contribution in [1.82, 2.24) is 5.32 Å². The van der Waals surface area contributed by atoms with Crippen molar-refractivity contribution in [1.29, 1.82) is 0 Å². The second-order valence-electron chi connectivity index (χ2n) is 5.92. The molecule has 1 aliphatic rings. The maximum Gasteiger partial charge on any atom is 0.407 e. The lowest BCUT2D eigenvalue weighted by molar-refractivity contribution is -0.137. The van der Waals surface area contributed by atoms with Gasteiger partial charge >= 0.3 is 12.1 Å². The standard InChI is InChI=1S/C13H23NO4S/c1-12(2,3)18-11(17)14-9(8-10(15)16)13(19-4)6-5-7-13/h9H,5-8H2,1-4H3,(H,14,17)(H,15,16). The predicted molar refractivity (Wildman–Crippen MR) is 75.5 cm³/mol. The molecule has 19 heavy (non-hydrogen) atoms. The third-order valence-corrected chi connectivity index (χ3v) is 4.82. The number of hydrogen-bond donors (Lipinski definition) is 2. The number of aliphatic carboxylic acids is 1. The van der Waals surface area contributed by atoms with Gasteiger partial charge in [-0.05, 0) is 39.9 Å². The molecule has 0 aromatic carbocycles. The molecule has 1 aliphatic carbocycles. The number of hydrogen-bond acceptors (Lipinski definition) is 4. The van der Waals surface area contributed by atoms with Gasteiger partial charge in [0, 0.05) is 4.75 Å². The molecule has 2 N–H and O–H groups in total. The fraction of sp³-hybridized carbons (Fsp3) is 0.846. The van der Waals surface area contributed by atoms with Gasteiger partial charge in [-0.15, -0.1) is 0 Å². The van der Waals surface area contributed by atoms with Crippen LogP contribution in [0.4, 0.5) is 4.79 Å². The molecule has 1 atom stereocenters. The first-order chi connectivity index (χ1) is 8.68. The summed E-state index contributed by atoms with van der Waals surface area (Å²) in [7, 11) is 0. The first-order valence-corrected chi connectivity index (χ1v) is 7.67. The van der Waals surface area contributed by atoms with Crippen molar-refractivity contribution < 1.29 is 19.4 Å². The van der Waals surface area contributed by atoms with E-state index >= 15 is 0 Å². The lowest BCUT2D eigenvalue weighted by Crippen LogP contribution is -2.55. The summed E-state index contributed by atoms with van der Waals surface area (Å²) in [6.45, 7) is 5.35. The zero-order valence-electron chi connectivity index (χ0n) is 12.0. The first kappa shape index (κ1) is 16.1. The molecular formula is C13H23NO4S. The van der Waals surface area contributed by atoms with E-state index in [-0.39, 0.29) is 17.2 Å². The zero-order valence-corrected chi connectivity index (χ0v) is 12.8. The molecule has 0 saturated heterocycles. The Morgan fingerprint density at radius 3 is 2.32 bits per heavy atom. The van der Waals surface area contributed by atoms with E-state index in [2.05, 4.69) is 5.32 Å². The van der Waals surface area contributed by atoms with Crippen molar-refractivity contribution in [3.63, 3.8) is 0 Å². The van der Waals surface area contributed by atoms with Crippen LogP contribution >= 0.6 is 11.8 Å². The summed E-state index contributed by atoms with van der Waals surface area (Å²) >= 11 is 1.64. The summed E-state index contributed by atoms with van der Waals surface area (Å²) in [5, 5.41) is 11.7. The molecule has 1 fully saturated rings. The third-order valence-electron chi connectivity index (χ3n) is 3.31. The Kier molecular flexibility index (Phi) is 5.12. The predicted octanol–water partition coefficient (Wildman–Crippen LogP) is 2.64. The lowest BCUT2D eigenvalue weighted by Gasteiger charge is -2.46. The summed E-state index contributed by atoms with van der Waals surface area (Å²) in [6.07, 6.45) is 4.29. The molecule has 1 rings (SSSR count). The fourth-order valence-electron chi connectivity index (χ4n) is 2.21. The Labute approximate surface area is 118 Å². The number of thioether (sulfide) groups is 1. The molecular weight excluding hydrogens is 266 g/mol. The van der Waals surface area contributed by atoms with Gasteiger partial charge in [-0.25, -0.2) is 4.79 Å². The van der Waals surface area contributed by atoms with Crippen LogP contribution in [0.2, 0.25) is 0 Å². The second kappa shape index (κ2) is 6.03. The molecule has 0 aromatic rings. The minimum absolute atomic E-state index is 0.0694. The van der Waals surface area contributed by atoms with E-state index in [4.69, 9.17) is 9.84 Å². The maximum atomic E-state index is 11.8. The first-order valence-electron chi connectivity index (χ1n) is 6.45. The minimum Gasteiger partial charge on any atom is -0.481 e. The number of carbonyl (C=O) groups excluding carboxylic acids is 1. The van der Waals surface area contributed by atoms with E-state index < -0.39 is 17.7 Å². The topological polar surface area (TPSA) is 75.6 Å². The van der Waals surface area contributed by atoms with Gasteiger partial charge in [-0.2, -0.15) is 11.8 Å². The van der Waals surface area contributed by atoms with Crippen LogP contribution < -0.4 is 5.32 Å². The minimum atomic E-state index is -0.901. The van der Waals surface area contributed by atoms with Crippen molar-refractivity contribution in [3.05, 3.63) is 0 Å². The van der Waals surface area contributed by atoms with E-state index in [9.17, 15) is 9.59 Å². The number of alkyl carbamates (subject to hydrolysis) is 1. The monoisotopic (exact) mass is 289 g/mol. The number of carboxylic acid groups (broad SMARTS) is 1. The van der Waals surface area contributed by atoms with Crippen LogP contribution in [0.25, 0.3) is 0 Å². The van der Waals surface area contributed by atoms with Crippen LogP contribution in [-0.2, 0) is 9.53 Å². The van der Waals surface area contributed by atoms with Gasteiger partial charge in [0.2, 0.25) is 0 Å². The van der Waals surface area contributed by atoms with Gasteiger partial charge in [-0.1, -0.05) is 6.42 Å². The van der Waals surface area contributed by atoms with Crippen molar-refractivity contribution >= 4 is 23.8 Å². The normalized spacial score (nSPS) is 19.2. The van der Waals surface area contributed by atoms with Crippen LogP contribution in [0.1, 0.15) is 46.5 Å². The summed E-state index contributed by atoms with van der Waals surface area (Å²) in [5.74, 6) is -0.901. The number of carbonyl (C=O) groups is 2. The van der Waals surface area contributed by atoms with Gasteiger partial charge in [0.25, 0.3) is 0 Å². The number of amides is 1. The number of ether oxygens (including phenoxy) is 1. The molecule has 1 saturated carbocycles. The van der Waals surface area contributed by atoms with Gasteiger partial charge in [0.05, 0.1) is 12.5 Å². The Morgan fingerprint density at radius 2 is 2.00 bits per heavy atom. The molecule has 1 amide bonds. The van der Waals surface area contributed by atoms with Gasteiger partial charge in [-0.3, -0.25) is 4.79 Å². The maximum absolute atomic E-state index is 11.8. The van der Waals surface area contributed by atoms with E-state index in [1.54, 1.807) is 32.5 Å². The summed E-state index contributed by atoms with van der Waals surface area (Å²) in [5.41, 5.74) is -0.579. The third kappa shape index (κ3) is 4.60. The van der Waals surface area contributed by atoms with Gasteiger partial charge in [0.15, 0.2) is 0 Å². The number of nitrogens with one attached hydrogen (secondary N) is 1. The van der Waals surface area contributed by atoms with Crippen molar-refractivity contribution in [2.24, 2.45) is 0 Å². The smallest absolute Gasteiger partial charge is 0.407 e. The molecule has 0 aliphatic heterocycles. The average Bonchev–Trinajstić information content (AvgIpc) is 2.11. The summed E-state index contributed by atoms with van der Waals surface area (Å²) in [4.78, 5) is 22.8. The molecule has 0 bridgehead atoms.